The van der Waals surface area contributed by atoms with E-state index in [9.17, 15) is 0 Å². The Balaban J connectivity index is 1.82. The van der Waals surface area contributed by atoms with Crippen molar-refractivity contribution < 1.29 is 0 Å². The van der Waals surface area contributed by atoms with Crippen LogP contribution in [0.25, 0.3) is 15.5 Å². The Bertz CT molecular complexity index is 756. The van der Waals surface area contributed by atoms with Crippen molar-refractivity contribution in [1.29, 1.82) is 0 Å². The highest BCUT2D eigenvalue weighted by Gasteiger charge is 2.30. The third kappa shape index (κ3) is 1.92. The van der Waals surface area contributed by atoms with Crippen molar-refractivity contribution >= 4 is 16.3 Å². The summed E-state index contributed by atoms with van der Waals surface area (Å²) < 4.78 is 1.91. The summed E-state index contributed by atoms with van der Waals surface area (Å²) >= 11 is 1.59. The number of hydrogen-bond acceptors (Lipinski definition) is 5. The maximum atomic E-state index is 5.69. The van der Waals surface area contributed by atoms with Gasteiger partial charge in [-0.2, -0.15) is 9.61 Å². The lowest BCUT2D eigenvalue weighted by atomic mass is 10.1. The van der Waals surface area contributed by atoms with Gasteiger partial charge in [0.1, 0.15) is 5.01 Å². The van der Waals surface area contributed by atoms with Gasteiger partial charge < -0.3 is 5.73 Å². The van der Waals surface area contributed by atoms with Gasteiger partial charge in [0.15, 0.2) is 5.82 Å². The first-order chi connectivity index (χ1) is 9.86. The summed E-state index contributed by atoms with van der Waals surface area (Å²) in [5.41, 5.74) is 8.10. The first-order valence-electron chi connectivity index (χ1n) is 6.87. The van der Waals surface area contributed by atoms with E-state index >= 15 is 0 Å². The molecule has 3 aromatic rings. The monoisotopic (exact) mass is 285 g/mol. The quantitative estimate of drug-likeness (QED) is 0.798. The van der Waals surface area contributed by atoms with Crippen LogP contribution in [0.4, 0.5) is 0 Å². The van der Waals surface area contributed by atoms with Gasteiger partial charge in [-0.25, -0.2) is 0 Å². The number of benzene rings is 1. The topological polar surface area (TPSA) is 69.1 Å². The normalized spacial score (nSPS) is 15.1. The van der Waals surface area contributed by atoms with E-state index in [2.05, 4.69) is 22.3 Å². The second-order valence-electron chi connectivity index (χ2n) is 5.13. The molecule has 0 bridgehead atoms. The van der Waals surface area contributed by atoms with Crippen molar-refractivity contribution in [3.05, 3.63) is 35.7 Å². The van der Waals surface area contributed by atoms with Crippen molar-refractivity contribution in [3.63, 3.8) is 0 Å². The highest BCUT2D eigenvalue weighted by Crippen LogP contribution is 2.40. The largest absolute Gasteiger partial charge is 0.330 e. The molecule has 2 heterocycles. The third-order valence-electron chi connectivity index (χ3n) is 3.62. The van der Waals surface area contributed by atoms with Gasteiger partial charge in [-0.15, -0.1) is 10.2 Å². The Hall–Kier alpha value is -1.79. The predicted molar refractivity (Wildman–Crippen MR) is 78.8 cm³/mol. The molecule has 0 radical (unpaired) electrons. The molecule has 6 heteroatoms. The lowest BCUT2D eigenvalue weighted by Crippen LogP contribution is -2.04. The summed E-state index contributed by atoms with van der Waals surface area (Å²) in [5.74, 6) is 1.57. The zero-order valence-corrected chi connectivity index (χ0v) is 11.8. The van der Waals surface area contributed by atoms with Gasteiger partial charge >= 0.3 is 0 Å². The standard InChI is InChI=1S/C14H15N5S/c15-8-7-9-3-1-2-4-11(9)13-18-19-12(10-5-6-10)16-17-14(19)20-13/h1-4,10H,5-8,15H2. The summed E-state index contributed by atoms with van der Waals surface area (Å²) in [7, 11) is 0. The van der Waals surface area contributed by atoms with Crippen molar-refractivity contribution in [3.8, 4) is 10.6 Å². The Kier molecular flexibility index (Phi) is 2.78. The Labute approximate surface area is 120 Å². The van der Waals surface area contributed by atoms with Gasteiger partial charge in [-0.3, -0.25) is 0 Å². The van der Waals surface area contributed by atoms with Crippen LogP contribution in [-0.2, 0) is 6.42 Å². The fourth-order valence-corrected chi connectivity index (χ4v) is 3.35. The predicted octanol–water partition coefficient (Wildman–Crippen LogP) is 2.23. The van der Waals surface area contributed by atoms with E-state index in [1.165, 1.54) is 18.4 Å². The van der Waals surface area contributed by atoms with Crippen molar-refractivity contribution in [2.75, 3.05) is 6.54 Å². The fraction of sp³-hybridized carbons (Fsp3) is 0.357. The van der Waals surface area contributed by atoms with Crippen molar-refractivity contribution in [2.45, 2.75) is 25.2 Å². The molecule has 0 unspecified atom stereocenters. The molecule has 4 rings (SSSR count). The van der Waals surface area contributed by atoms with Gasteiger partial charge in [-0.05, 0) is 31.4 Å². The van der Waals surface area contributed by atoms with Gasteiger partial charge in [-0.1, -0.05) is 35.6 Å². The molecular formula is C14H15N5S. The number of rotatable bonds is 4. The molecule has 1 fully saturated rings. The van der Waals surface area contributed by atoms with E-state index < -0.39 is 0 Å². The van der Waals surface area contributed by atoms with E-state index in [4.69, 9.17) is 10.8 Å². The minimum absolute atomic E-state index is 0.555. The van der Waals surface area contributed by atoms with Gasteiger partial charge in [0.05, 0.1) is 0 Å². The lowest BCUT2D eigenvalue weighted by Gasteiger charge is -2.04. The molecule has 1 aromatic carbocycles. The van der Waals surface area contributed by atoms with Crippen LogP contribution >= 0.6 is 11.3 Å². The van der Waals surface area contributed by atoms with Gasteiger partial charge in [0, 0.05) is 11.5 Å². The Morgan fingerprint density at radius 3 is 2.90 bits per heavy atom. The van der Waals surface area contributed by atoms with Crippen molar-refractivity contribution in [1.82, 2.24) is 19.8 Å². The Morgan fingerprint density at radius 1 is 1.25 bits per heavy atom. The summed E-state index contributed by atoms with van der Waals surface area (Å²) in [6.45, 7) is 0.647. The van der Waals surface area contributed by atoms with Crippen LogP contribution in [0.1, 0.15) is 30.1 Å². The minimum Gasteiger partial charge on any atom is -0.330 e. The number of nitrogens with two attached hydrogens (primary N) is 1. The number of nitrogens with zero attached hydrogens (tertiary/aromatic N) is 4. The second kappa shape index (κ2) is 4.64. The zero-order valence-electron chi connectivity index (χ0n) is 11.0. The Morgan fingerprint density at radius 2 is 2.10 bits per heavy atom. The van der Waals surface area contributed by atoms with E-state index in [-0.39, 0.29) is 0 Å². The highest BCUT2D eigenvalue weighted by molar-refractivity contribution is 7.19. The van der Waals surface area contributed by atoms with Crippen LogP contribution in [0.3, 0.4) is 0 Å². The average molecular weight is 285 g/mol. The second-order valence-corrected chi connectivity index (χ2v) is 6.09. The van der Waals surface area contributed by atoms with Crippen LogP contribution in [0.15, 0.2) is 24.3 Å². The first kappa shape index (κ1) is 12.0. The molecule has 0 amide bonds. The van der Waals surface area contributed by atoms with Crippen LogP contribution < -0.4 is 5.73 Å². The number of fused-ring (bicyclic) bond motifs is 1. The van der Waals surface area contributed by atoms with Crippen LogP contribution in [0.2, 0.25) is 0 Å². The molecule has 0 saturated heterocycles. The molecule has 102 valence electrons. The molecule has 20 heavy (non-hydrogen) atoms. The molecule has 0 spiro atoms. The highest BCUT2D eigenvalue weighted by atomic mass is 32.1. The van der Waals surface area contributed by atoms with Crippen LogP contribution in [0.5, 0.6) is 0 Å². The summed E-state index contributed by atoms with van der Waals surface area (Å²) in [6.07, 6.45) is 3.28. The number of aromatic nitrogens is 4. The maximum Gasteiger partial charge on any atom is 0.234 e. The number of hydrogen-bond donors (Lipinski definition) is 1. The average Bonchev–Trinajstić information content (AvgIpc) is 3.09. The maximum absolute atomic E-state index is 5.69. The van der Waals surface area contributed by atoms with E-state index in [0.717, 1.165) is 27.8 Å². The van der Waals surface area contributed by atoms with Gasteiger partial charge in [0.2, 0.25) is 4.96 Å². The third-order valence-corrected chi connectivity index (χ3v) is 4.55. The zero-order chi connectivity index (χ0) is 13.5. The summed E-state index contributed by atoms with van der Waals surface area (Å²) in [4.78, 5) is 0.879. The SMILES string of the molecule is NCCc1ccccc1-c1nn2c(C3CC3)nnc2s1. The molecule has 0 atom stereocenters. The minimum atomic E-state index is 0.555. The molecule has 2 N–H and O–H groups in total. The summed E-state index contributed by atoms with van der Waals surface area (Å²) in [6, 6.07) is 8.31. The molecule has 1 saturated carbocycles. The molecule has 1 aliphatic rings. The molecule has 2 aromatic heterocycles. The van der Waals surface area contributed by atoms with E-state index in [1.54, 1.807) is 11.3 Å². The van der Waals surface area contributed by atoms with Crippen LogP contribution in [-0.4, -0.2) is 26.4 Å². The fourth-order valence-electron chi connectivity index (χ4n) is 2.44. The van der Waals surface area contributed by atoms with Gasteiger partial charge in [0.25, 0.3) is 0 Å². The van der Waals surface area contributed by atoms with Crippen LogP contribution in [0, 0.1) is 0 Å². The van der Waals surface area contributed by atoms with E-state index in [0.29, 0.717) is 12.5 Å². The van der Waals surface area contributed by atoms with E-state index in [1.807, 2.05) is 16.6 Å². The smallest absolute Gasteiger partial charge is 0.234 e. The van der Waals surface area contributed by atoms with Crippen molar-refractivity contribution in [2.24, 2.45) is 5.73 Å². The molecule has 0 aliphatic heterocycles. The molecule has 1 aliphatic carbocycles. The molecular weight excluding hydrogens is 270 g/mol. The molecule has 5 nitrogen and oxygen atoms in total. The lowest BCUT2D eigenvalue weighted by molar-refractivity contribution is 0.828. The first-order valence-corrected chi connectivity index (χ1v) is 7.69. The summed E-state index contributed by atoms with van der Waals surface area (Å²) in [5, 5.41) is 14.2.